The minimum atomic E-state index is 0.223. The molecule has 2 heterocycles. The summed E-state index contributed by atoms with van der Waals surface area (Å²) in [6, 6.07) is 10.2. The summed E-state index contributed by atoms with van der Waals surface area (Å²) in [5, 5.41) is 0.775. The zero-order valence-electron chi connectivity index (χ0n) is 13.6. The van der Waals surface area contributed by atoms with Crippen molar-refractivity contribution >= 4 is 28.8 Å². The zero-order chi connectivity index (χ0) is 16.5. The summed E-state index contributed by atoms with van der Waals surface area (Å²) in [4.78, 5) is 19.5. The van der Waals surface area contributed by atoms with Gasteiger partial charge in [0.05, 0.1) is 4.88 Å². The van der Waals surface area contributed by atoms with E-state index in [0.717, 1.165) is 55.5 Å². The lowest BCUT2D eigenvalue weighted by Gasteiger charge is -2.34. The van der Waals surface area contributed by atoms with Gasteiger partial charge in [0.2, 0.25) is 0 Å². The molecule has 1 fully saturated rings. The molecule has 1 aliphatic heterocycles. The van der Waals surface area contributed by atoms with E-state index in [1.54, 1.807) is 11.3 Å². The molecule has 5 heteroatoms. The van der Waals surface area contributed by atoms with Crippen LogP contribution in [0.15, 0.2) is 30.3 Å². The monoisotopic (exact) mass is 360 g/mol. The van der Waals surface area contributed by atoms with E-state index >= 15 is 0 Å². The fourth-order valence-electron chi connectivity index (χ4n) is 3.55. The topological polar surface area (TPSA) is 23.6 Å². The average molecular weight is 361 g/mol. The first kappa shape index (κ1) is 16.1. The zero-order valence-corrected chi connectivity index (χ0v) is 15.2. The third-order valence-electron chi connectivity index (χ3n) is 4.94. The maximum absolute atomic E-state index is 12.7. The standard InChI is InChI=1S/C19H21ClN2OS/c20-16-6-4-14(5-7-16)13-21-8-10-22(11-9-21)19(23)18-12-15-2-1-3-17(15)24-18/h4-7,12H,1-3,8-11,13H2. The Balaban J connectivity index is 1.33. The molecule has 2 aromatic rings. The normalized spacial score (nSPS) is 18.0. The van der Waals surface area contributed by atoms with Gasteiger partial charge in [0.1, 0.15) is 0 Å². The Morgan fingerprint density at radius 2 is 1.83 bits per heavy atom. The van der Waals surface area contributed by atoms with Crippen molar-refractivity contribution < 1.29 is 4.79 Å². The number of piperazine rings is 1. The lowest BCUT2D eigenvalue weighted by Crippen LogP contribution is -2.48. The van der Waals surface area contributed by atoms with Crippen LogP contribution in [0.4, 0.5) is 0 Å². The van der Waals surface area contributed by atoms with E-state index in [0.29, 0.717) is 0 Å². The molecule has 1 aliphatic carbocycles. The summed E-state index contributed by atoms with van der Waals surface area (Å²) < 4.78 is 0. The summed E-state index contributed by atoms with van der Waals surface area (Å²) in [6.07, 6.45) is 3.55. The number of benzene rings is 1. The van der Waals surface area contributed by atoms with Crippen molar-refractivity contribution in [2.45, 2.75) is 25.8 Å². The Morgan fingerprint density at radius 1 is 1.08 bits per heavy atom. The van der Waals surface area contributed by atoms with Gasteiger partial charge in [0.15, 0.2) is 0 Å². The summed E-state index contributed by atoms with van der Waals surface area (Å²) in [5.41, 5.74) is 2.68. The first-order chi connectivity index (χ1) is 11.7. The van der Waals surface area contributed by atoms with Gasteiger partial charge in [0.25, 0.3) is 5.91 Å². The Labute approximate surface area is 151 Å². The lowest BCUT2D eigenvalue weighted by atomic mass is 10.2. The second-order valence-corrected chi connectivity index (χ2v) is 8.18. The van der Waals surface area contributed by atoms with Crippen molar-refractivity contribution in [2.24, 2.45) is 0 Å². The van der Waals surface area contributed by atoms with E-state index in [1.807, 2.05) is 17.0 Å². The molecule has 1 aromatic carbocycles. The Kier molecular flexibility index (Phi) is 4.61. The average Bonchev–Trinajstić information content (AvgIpc) is 3.19. The minimum absolute atomic E-state index is 0.223. The van der Waals surface area contributed by atoms with Crippen molar-refractivity contribution in [1.29, 1.82) is 0 Å². The maximum atomic E-state index is 12.7. The fraction of sp³-hybridized carbons (Fsp3) is 0.421. The van der Waals surface area contributed by atoms with Gasteiger partial charge >= 0.3 is 0 Å². The summed E-state index contributed by atoms with van der Waals surface area (Å²) >= 11 is 7.65. The van der Waals surface area contributed by atoms with Crippen molar-refractivity contribution in [3.8, 4) is 0 Å². The highest BCUT2D eigenvalue weighted by atomic mass is 35.5. The molecule has 0 bridgehead atoms. The van der Waals surface area contributed by atoms with Crippen LogP contribution in [0.2, 0.25) is 5.02 Å². The number of carbonyl (C=O) groups is 1. The molecule has 0 N–H and O–H groups in total. The number of hydrogen-bond acceptors (Lipinski definition) is 3. The lowest BCUT2D eigenvalue weighted by molar-refractivity contribution is 0.0633. The predicted octanol–water partition coefficient (Wildman–Crippen LogP) is 3.85. The van der Waals surface area contributed by atoms with E-state index in [2.05, 4.69) is 23.1 Å². The highest BCUT2D eigenvalue weighted by molar-refractivity contribution is 7.14. The molecular weight excluding hydrogens is 340 g/mol. The molecule has 0 radical (unpaired) electrons. The van der Waals surface area contributed by atoms with E-state index in [1.165, 1.54) is 22.4 Å². The number of rotatable bonds is 3. The van der Waals surface area contributed by atoms with Crippen molar-refractivity contribution in [3.05, 3.63) is 56.2 Å². The molecule has 0 saturated carbocycles. The highest BCUT2D eigenvalue weighted by Gasteiger charge is 2.25. The summed E-state index contributed by atoms with van der Waals surface area (Å²) in [6.45, 7) is 4.41. The molecule has 24 heavy (non-hydrogen) atoms. The molecule has 126 valence electrons. The molecule has 1 aromatic heterocycles. The number of amides is 1. The second kappa shape index (κ2) is 6.87. The van der Waals surface area contributed by atoms with Gasteiger partial charge in [-0.3, -0.25) is 9.69 Å². The summed E-state index contributed by atoms with van der Waals surface area (Å²) in [5.74, 6) is 0.223. The van der Waals surface area contributed by atoms with Crippen LogP contribution in [0.5, 0.6) is 0 Å². The van der Waals surface area contributed by atoms with Gasteiger partial charge in [-0.1, -0.05) is 23.7 Å². The maximum Gasteiger partial charge on any atom is 0.264 e. The first-order valence-electron chi connectivity index (χ1n) is 8.57. The molecule has 0 atom stereocenters. The summed E-state index contributed by atoms with van der Waals surface area (Å²) in [7, 11) is 0. The second-order valence-electron chi connectivity index (χ2n) is 6.61. The minimum Gasteiger partial charge on any atom is -0.335 e. The molecule has 1 amide bonds. The molecule has 1 saturated heterocycles. The van der Waals surface area contributed by atoms with Crippen molar-refractivity contribution in [3.63, 3.8) is 0 Å². The smallest absolute Gasteiger partial charge is 0.264 e. The van der Waals surface area contributed by atoms with Crippen molar-refractivity contribution in [2.75, 3.05) is 26.2 Å². The van der Waals surface area contributed by atoms with Crippen LogP contribution < -0.4 is 0 Å². The molecular formula is C19H21ClN2OS. The number of fused-ring (bicyclic) bond motifs is 1. The molecule has 2 aliphatic rings. The Morgan fingerprint density at radius 3 is 2.54 bits per heavy atom. The van der Waals surface area contributed by atoms with Gasteiger partial charge in [0, 0.05) is 42.6 Å². The van der Waals surface area contributed by atoms with Crippen molar-refractivity contribution in [1.82, 2.24) is 9.80 Å². The van der Waals surface area contributed by atoms with Crippen LogP contribution in [0.1, 0.15) is 32.1 Å². The molecule has 0 spiro atoms. The number of halogens is 1. The third-order valence-corrected chi connectivity index (χ3v) is 6.41. The van der Waals surface area contributed by atoms with Gasteiger partial charge in [-0.05, 0) is 48.6 Å². The molecule has 0 unspecified atom stereocenters. The van der Waals surface area contributed by atoms with Crippen LogP contribution in [0, 0.1) is 0 Å². The van der Waals surface area contributed by atoms with E-state index in [-0.39, 0.29) is 5.91 Å². The number of carbonyl (C=O) groups excluding carboxylic acids is 1. The van der Waals surface area contributed by atoms with Gasteiger partial charge in [-0.25, -0.2) is 0 Å². The molecule has 4 rings (SSSR count). The van der Waals surface area contributed by atoms with E-state index < -0.39 is 0 Å². The number of thiophene rings is 1. The predicted molar refractivity (Wildman–Crippen MR) is 99.0 cm³/mol. The van der Waals surface area contributed by atoms with Gasteiger partial charge in [-0.15, -0.1) is 11.3 Å². The van der Waals surface area contributed by atoms with Gasteiger partial charge in [-0.2, -0.15) is 0 Å². The quantitative estimate of drug-likeness (QED) is 0.830. The highest BCUT2D eigenvalue weighted by Crippen LogP contribution is 2.31. The van der Waals surface area contributed by atoms with E-state index in [9.17, 15) is 4.79 Å². The largest absolute Gasteiger partial charge is 0.335 e. The van der Waals surface area contributed by atoms with Crippen LogP contribution in [0.25, 0.3) is 0 Å². The van der Waals surface area contributed by atoms with Crippen LogP contribution >= 0.6 is 22.9 Å². The Bertz CT molecular complexity index is 711. The number of hydrogen-bond donors (Lipinski definition) is 0. The van der Waals surface area contributed by atoms with Gasteiger partial charge < -0.3 is 4.90 Å². The SMILES string of the molecule is O=C(c1cc2c(s1)CCC2)N1CCN(Cc2ccc(Cl)cc2)CC1. The fourth-order valence-corrected chi connectivity index (χ4v) is 4.89. The molecule has 3 nitrogen and oxygen atoms in total. The van der Waals surface area contributed by atoms with Crippen LogP contribution in [0.3, 0.4) is 0 Å². The van der Waals surface area contributed by atoms with Crippen LogP contribution in [-0.4, -0.2) is 41.9 Å². The first-order valence-corrected chi connectivity index (χ1v) is 9.76. The Hall–Kier alpha value is -1.36. The third kappa shape index (κ3) is 3.37. The number of nitrogens with zero attached hydrogens (tertiary/aromatic N) is 2. The van der Waals surface area contributed by atoms with E-state index in [4.69, 9.17) is 11.6 Å². The number of aryl methyl sites for hydroxylation is 2. The van der Waals surface area contributed by atoms with Crippen LogP contribution in [-0.2, 0) is 19.4 Å².